The molecule has 0 spiro atoms. The first kappa shape index (κ1) is 10.6. The van der Waals surface area contributed by atoms with Crippen LogP contribution in [0.2, 0.25) is 0 Å². The molecule has 0 bridgehead atoms. The Morgan fingerprint density at radius 2 is 1.87 bits per heavy atom. The van der Waals surface area contributed by atoms with Crippen molar-refractivity contribution < 1.29 is 18.3 Å². The van der Waals surface area contributed by atoms with Gasteiger partial charge in [0.15, 0.2) is 9.84 Å². The first-order chi connectivity index (χ1) is 7.02. The van der Waals surface area contributed by atoms with Crippen LogP contribution < -0.4 is 0 Å². The van der Waals surface area contributed by atoms with Gasteiger partial charge in [-0.1, -0.05) is 18.2 Å². The van der Waals surface area contributed by atoms with Crippen molar-refractivity contribution >= 4 is 9.84 Å². The van der Waals surface area contributed by atoms with Crippen molar-refractivity contribution in [3.63, 3.8) is 0 Å². The second kappa shape index (κ2) is 3.59. The maximum Gasteiger partial charge on any atom is 0.181 e. The minimum Gasteiger partial charge on any atom is -0.384 e. The molecule has 2 rings (SSSR count). The first-order valence-corrected chi connectivity index (χ1v) is 6.25. The summed E-state index contributed by atoms with van der Waals surface area (Å²) in [5, 5.41) is 9.70. The van der Waals surface area contributed by atoms with Gasteiger partial charge in [-0.25, -0.2) is 8.42 Å². The largest absolute Gasteiger partial charge is 0.384 e. The fourth-order valence-corrected chi connectivity index (χ4v) is 3.10. The van der Waals surface area contributed by atoms with Crippen LogP contribution in [0.4, 0.5) is 0 Å². The first-order valence-electron chi connectivity index (χ1n) is 4.60. The Labute approximate surface area is 88.4 Å². The average Bonchev–Trinajstić information content (AvgIpc) is 2.16. The van der Waals surface area contributed by atoms with Crippen molar-refractivity contribution in [1.29, 1.82) is 0 Å². The summed E-state index contributed by atoms with van der Waals surface area (Å²) in [5.74, 6) is -0.274. The van der Waals surface area contributed by atoms with E-state index in [4.69, 9.17) is 4.74 Å². The van der Waals surface area contributed by atoms with Gasteiger partial charge in [0, 0.05) is 0 Å². The Bertz CT molecular complexity index is 434. The van der Waals surface area contributed by atoms with E-state index in [1.54, 1.807) is 18.2 Å². The van der Waals surface area contributed by atoms with Gasteiger partial charge in [-0.3, -0.25) is 0 Å². The lowest BCUT2D eigenvalue weighted by Crippen LogP contribution is -2.54. The van der Waals surface area contributed by atoms with Gasteiger partial charge in [-0.05, 0) is 12.1 Å². The SMILES string of the molecule is O=S(=O)(CC1(O)COC1)c1ccccc1. The second-order valence-corrected chi connectivity index (χ2v) is 5.78. The molecule has 1 aromatic carbocycles. The lowest BCUT2D eigenvalue weighted by atomic mass is 10.1. The Balaban J connectivity index is 2.21. The number of sulfone groups is 1. The number of rotatable bonds is 3. The molecule has 0 saturated carbocycles. The average molecular weight is 228 g/mol. The Kier molecular flexibility index (Phi) is 2.54. The predicted molar refractivity (Wildman–Crippen MR) is 54.3 cm³/mol. The van der Waals surface area contributed by atoms with E-state index in [-0.39, 0.29) is 23.9 Å². The van der Waals surface area contributed by atoms with Gasteiger partial charge in [-0.2, -0.15) is 0 Å². The molecule has 5 heteroatoms. The molecule has 15 heavy (non-hydrogen) atoms. The maximum absolute atomic E-state index is 11.8. The lowest BCUT2D eigenvalue weighted by Gasteiger charge is -2.35. The van der Waals surface area contributed by atoms with E-state index < -0.39 is 15.4 Å². The van der Waals surface area contributed by atoms with Crippen LogP contribution in [0.1, 0.15) is 0 Å². The molecule has 1 fully saturated rings. The zero-order valence-electron chi connectivity index (χ0n) is 8.09. The highest BCUT2D eigenvalue weighted by Crippen LogP contribution is 2.22. The topological polar surface area (TPSA) is 63.6 Å². The molecule has 1 aliphatic rings. The van der Waals surface area contributed by atoms with Crippen LogP contribution in [-0.4, -0.2) is 38.1 Å². The molecule has 0 aromatic heterocycles. The third-order valence-electron chi connectivity index (χ3n) is 2.30. The van der Waals surface area contributed by atoms with Gasteiger partial charge in [0.2, 0.25) is 0 Å². The van der Waals surface area contributed by atoms with Crippen LogP contribution in [0.15, 0.2) is 35.2 Å². The van der Waals surface area contributed by atoms with Crippen LogP contribution in [0.3, 0.4) is 0 Å². The van der Waals surface area contributed by atoms with Crippen molar-refractivity contribution in [2.24, 2.45) is 0 Å². The van der Waals surface area contributed by atoms with E-state index in [2.05, 4.69) is 0 Å². The predicted octanol–water partition coefficient (Wildman–Crippen LogP) is 0.222. The highest BCUT2D eigenvalue weighted by molar-refractivity contribution is 7.91. The Morgan fingerprint density at radius 3 is 2.33 bits per heavy atom. The molecule has 4 nitrogen and oxygen atoms in total. The summed E-state index contributed by atoms with van der Waals surface area (Å²) in [6, 6.07) is 8.12. The zero-order valence-corrected chi connectivity index (χ0v) is 8.90. The molecular weight excluding hydrogens is 216 g/mol. The third-order valence-corrected chi connectivity index (χ3v) is 4.21. The monoisotopic (exact) mass is 228 g/mol. The number of ether oxygens (including phenoxy) is 1. The van der Waals surface area contributed by atoms with Gasteiger partial charge >= 0.3 is 0 Å². The van der Waals surface area contributed by atoms with Crippen LogP contribution in [0.25, 0.3) is 0 Å². The molecule has 0 aliphatic carbocycles. The van der Waals surface area contributed by atoms with Gasteiger partial charge in [0.05, 0.1) is 23.9 Å². The molecule has 0 atom stereocenters. The molecule has 0 amide bonds. The van der Waals surface area contributed by atoms with Crippen LogP contribution in [-0.2, 0) is 14.6 Å². The van der Waals surface area contributed by atoms with Crippen molar-refractivity contribution in [1.82, 2.24) is 0 Å². The summed E-state index contributed by atoms with van der Waals surface area (Å²) in [7, 11) is -3.41. The number of hydrogen-bond acceptors (Lipinski definition) is 4. The van der Waals surface area contributed by atoms with Crippen LogP contribution >= 0.6 is 0 Å². The van der Waals surface area contributed by atoms with Crippen LogP contribution in [0, 0.1) is 0 Å². The summed E-state index contributed by atoms with van der Waals surface area (Å²) >= 11 is 0. The molecule has 0 radical (unpaired) electrons. The van der Waals surface area contributed by atoms with E-state index >= 15 is 0 Å². The number of aliphatic hydroxyl groups is 1. The molecule has 1 heterocycles. The van der Waals surface area contributed by atoms with E-state index in [0.717, 1.165) is 0 Å². The summed E-state index contributed by atoms with van der Waals surface area (Å²) in [4.78, 5) is 0.241. The summed E-state index contributed by atoms with van der Waals surface area (Å²) in [5.41, 5.74) is -1.20. The van der Waals surface area contributed by atoms with E-state index in [1.165, 1.54) is 12.1 Å². The van der Waals surface area contributed by atoms with E-state index in [0.29, 0.717) is 0 Å². The minimum atomic E-state index is -3.41. The second-order valence-electron chi connectivity index (χ2n) is 3.79. The Hall–Kier alpha value is -0.910. The molecular formula is C10H12O4S. The summed E-state index contributed by atoms with van der Waals surface area (Å²) in [6.07, 6.45) is 0. The van der Waals surface area contributed by atoms with Crippen molar-refractivity contribution in [2.75, 3.05) is 19.0 Å². The molecule has 1 saturated heterocycles. The van der Waals surface area contributed by atoms with Gasteiger partial charge in [0.25, 0.3) is 0 Å². The van der Waals surface area contributed by atoms with E-state index in [1.807, 2.05) is 0 Å². The molecule has 0 unspecified atom stereocenters. The van der Waals surface area contributed by atoms with Crippen molar-refractivity contribution in [3.8, 4) is 0 Å². The Morgan fingerprint density at radius 1 is 1.27 bits per heavy atom. The van der Waals surface area contributed by atoms with E-state index in [9.17, 15) is 13.5 Å². The molecule has 1 aliphatic heterocycles. The van der Waals surface area contributed by atoms with Crippen molar-refractivity contribution in [3.05, 3.63) is 30.3 Å². The highest BCUT2D eigenvalue weighted by atomic mass is 32.2. The zero-order chi connectivity index (χ0) is 10.9. The number of benzene rings is 1. The quantitative estimate of drug-likeness (QED) is 0.804. The molecule has 1 aromatic rings. The number of hydrogen-bond donors (Lipinski definition) is 1. The minimum absolute atomic E-state index is 0.0963. The molecule has 82 valence electrons. The smallest absolute Gasteiger partial charge is 0.181 e. The maximum atomic E-state index is 11.8. The highest BCUT2D eigenvalue weighted by Gasteiger charge is 2.40. The van der Waals surface area contributed by atoms with Gasteiger partial charge in [-0.15, -0.1) is 0 Å². The van der Waals surface area contributed by atoms with Gasteiger partial charge in [0.1, 0.15) is 5.60 Å². The lowest BCUT2D eigenvalue weighted by molar-refractivity contribution is -0.163. The summed E-state index contributed by atoms with van der Waals surface area (Å²) < 4.78 is 28.5. The summed E-state index contributed by atoms with van der Waals surface area (Å²) in [6.45, 7) is 0.193. The third kappa shape index (κ3) is 2.19. The van der Waals surface area contributed by atoms with Crippen molar-refractivity contribution in [2.45, 2.75) is 10.5 Å². The fourth-order valence-electron chi connectivity index (χ4n) is 1.49. The van der Waals surface area contributed by atoms with Crippen LogP contribution in [0.5, 0.6) is 0 Å². The fraction of sp³-hybridized carbons (Fsp3) is 0.400. The standard InChI is InChI=1S/C10H12O4S/c11-10(6-14-7-10)8-15(12,13)9-4-2-1-3-5-9/h1-5,11H,6-8H2. The molecule has 1 N–H and O–H groups in total. The van der Waals surface area contributed by atoms with Gasteiger partial charge < -0.3 is 9.84 Å². The normalized spacial score (nSPS) is 19.5.